The molecule has 0 aromatic heterocycles. The van der Waals surface area contributed by atoms with Crippen molar-refractivity contribution < 1.29 is 32.9 Å². The molecular formula is C43H85N2O6P. The second kappa shape index (κ2) is 35.7. The molecule has 0 rings (SSSR count). The molecule has 0 bridgehead atoms. The van der Waals surface area contributed by atoms with Crippen molar-refractivity contribution in [2.45, 2.75) is 206 Å². The van der Waals surface area contributed by atoms with E-state index in [1.165, 1.54) is 135 Å². The topological polar surface area (TPSA) is 108 Å². The molecule has 1 unspecified atom stereocenters. The van der Waals surface area contributed by atoms with Crippen molar-refractivity contribution in [1.29, 1.82) is 0 Å². The van der Waals surface area contributed by atoms with Gasteiger partial charge in [0, 0.05) is 6.42 Å². The third kappa shape index (κ3) is 37.3. The Morgan fingerprint density at radius 1 is 0.654 bits per heavy atom. The van der Waals surface area contributed by atoms with Gasteiger partial charge in [0.05, 0.1) is 39.9 Å². The number of hydrogen-bond acceptors (Lipinski definition) is 6. The van der Waals surface area contributed by atoms with Crippen molar-refractivity contribution in [3.63, 3.8) is 0 Å². The Bertz CT molecular complexity index is 907. The number of phosphoric ester groups is 1. The average molecular weight is 757 g/mol. The van der Waals surface area contributed by atoms with Gasteiger partial charge < -0.3 is 28.8 Å². The first-order chi connectivity index (χ1) is 25.0. The number of hydrogen-bond donors (Lipinski definition) is 2. The quantitative estimate of drug-likeness (QED) is 0.0280. The lowest BCUT2D eigenvalue weighted by Gasteiger charge is -2.29. The summed E-state index contributed by atoms with van der Waals surface area (Å²) in [6, 6.07) is -0.881. The van der Waals surface area contributed by atoms with Crippen molar-refractivity contribution in [3.8, 4) is 0 Å². The summed E-state index contributed by atoms with van der Waals surface area (Å²) in [6.45, 7) is 4.61. The molecule has 0 fully saturated rings. The minimum atomic E-state index is -4.58. The maximum atomic E-state index is 12.8. The first kappa shape index (κ1) is 51.0. The normalized spacial score (nSPS) is 14.7. The van der Waals surface area contributed by atoms with Crippen LogP contribution in [0.25, 0.3) is 0 Å². The van der Waals surface area contributed by atoms with Gasteiger partial charge in [0.1, 0.15) is 13.2 Å². The number of aliphatic hydroxyl groups is 1. The van der Waals surface area contributed by atoms with Crippen molar-refractivity contribution in [2.24, 2.45) is 0 Å². The van der Waals surface area contributed by atoms with Crippen molar-refractivity contribution in [3.05, 3.63) is 24.3 Å². The predicted octanol–water partition coefficient (Wildman–Crippen LogP) is 11.1. The molecule has 0 saturated heterocycles. The van der Waals surface area contributed by atoms with Crippen molar-refractivity contribution in [1.82, 2.24) is 5.32 Å². The molecule has 8 nitrogen and oxygen atoms in total. The van der Waals surface area contributed by atoms with E-state index in [0.29, 0.717) is 17.4 Å². The van der Waals surface area contributed by atoms with Crippen LogP contribution in [0.1, 0.15) is 194 Å². The highest BCUT2D eigenvalue weighted by molar-refractivity contribution is 7.45. The van der Waals surface area contributed by atoms with Gasteiger partial charge in [-0.2, -0.15) is 0 Å². The highest BCUT2D eigenvalue weighted by Gasteiger charge is 2.23. The van der Waals surface area contributed by atoms with E-state index in [4.69, 9.17) is 9.05 Å². The monoisotopic (exact) mass is 757 g/mol. The maximum Gasteiger partial charge on any atom is 0.268 e. The van der Waals surface area contributed by atoms with Crippen LogP contribution < -0.4 is 10.2 Å². The number of likely N-dealkylation sites (N-methyl/N-ethyl adjacent to an activating group) is 1. The number of quaternary nitrogens is 1. The number of allylic oxidation sites excluding steroid dienone is 3. The van der Waals surface area contributed by atoms with Crippen molar-refractivity contribution in [2.75, 3.05) is 40.9 Å². The largest absolute Gasteiger partial charge is 0.756 e. The Labute approximate surface area is 322 Å². The summed E-state index contributed by atoms with van der Waals surface area (Å²) in [5.74, 6) is -0.201. The van der Waals surface area contributed by atoms with Crippen LogP contribution in [0.15, 0.2) is 24.3 Å². The van der Waals surface area contributed by atoms with Gasteiger partial charge in [-0.25, -0.2) is 0 Å². The molecular weight excluding hydrogens is 671 g/mol. The number of nitrogens with zero attached hydrogens (tertiary/aromatic N) is 1. The Hall–Kier alpha value is -1.02. The smallest absolute Gasteiger partial charge is 0.268 e. The first-order valence-corrected chi connectivity index (χ1v) is 23.2. The number of aliphatic hydroxyl groups excluding tert-OH is 1. The van der Waals surface area contributed by atoms with Gasteiger partial charge in [0.2, 0.25) is 5.91 Å². The van der Waals surface area contributed by atoms with E-state index in [1.54, 1.807) is 6.08 Å². The molecule has 0 aliphatic carbocycles. The fourth-order valence-corrected chi connectivity index (χ4v) is 6.87. The third-order valence-electron chi connectivity index (χ3n) is 9.66. The molecule has 52 heavy (non-hydrogen) atoms. The van der Waals surface area contributed by atoms with E-state index < -0.39 is 20.0 Å². The molecule has 0 aliphatic heterocycles. The molecule has 2 N–H and O–H groups in total. The highest BCUT2D eigenvalue weighted by atomic mass is 31.2. The van der Waals surface area contributed by atoms with Gasteiger partial charge in [-0.3, -0.25) is 9.36 Å². The molecule has 0 radical (unpaired) electrons. The molecule has 1 amide bonds. The third-order valence-corrected chi connectivity index (χ3v) is 10.6. The molecule has 3 atom stereocenters. The zero-order valence-electron chi connectivity index (χ0n) is 34.8. The standard InChI is InChI=1S/C43H85N2O6P/c1-6-8-10-12-14-16-17-18-19-20-21-22-23-24-25-26-27-29-31-33-35-37-43(47)44-41(40-51-52(48,49)50-39-38-45(3,4)5)42(46)36-34-32-30-28-15-13-11-9-7-2/h18-19,34,36,41-42,46H,6-17,20-33,35,37-40H2,1-5H3,(H-,44,47,48,49)/b19-18+,36-34+/t41-,42+/m0/s1. The lowest BCUT2D eigenvalue weighted by molar-refractivity contribution is -0.870. The summed E-state index contributed by atoms with van der Waals surface area (Å²) in [5, 5.41) is 13.7. The predicted molar refractivity (Wildman–Crippen MR) is 219 cm³/mol. The number of phosphoric acid groups is 1. The Morgan fingerprint density at radius 2 is 1.06 bits per heavy atom. The molecule has 0 spiro atoms. The summed E-state index contributed by atoms with van der Waals surface area (Å²) in [5.41, 5.74) is 0. The average Bonchev–Trinajstić information content (AvgIpc) is 3.09. The van der Waals surface area contributed by atoms with Gasteiger partial charge in [0.15, 0.2) is 0 Å². The second-order valence-electron chi connectivity index (χ2n) is 16.0. The van der Waals surface area contributed by atoms with Gasteiger partial charge in [0.25, 0.3) is 7.82 Å². The molecule has 9 heteroatoms. The number of amides is 1. The summed E-state index contributed by atoms with van der Waals surface area (Å²) in [6.07, 6.45) is 40.9. The van der Waals surface area contributed by atoms with E-state index in [9.17, 15) is 19.4 Å². The van der Waals surface area contributed by atoms with Crippen molar-refractivity contribution >= 4 is 13.7 Å². The fraction of sp³-hybridized carbons (Fsp3) is 0.884. The Balaban J connectivity index is 4.25. The van der Waals surface area contributed by atoms with Gasteiger partial charge in [-0.15, -0.1) is 0 Å². The number of unbranched alkanes of at least 4 members (excludes halogenated alkanes) is 24. The molecule has 0 aromatic carbocycles. The van der Waals surface area contributed by atoms with Gasteiger partial charge in [-0.05, 0) is 44.9 Å². The molecule has 0 aliphatic rings. The van der Waals surface area contributed by atoms with E-state index in [0.717, 1.165) is 38.5 Å². The van der Waals surface area contributed by atoms with Gasteiger partial charge >= 0.3 is 0 Å². The van der Waals surface area contributed by atoms with Crippen LogP contribution in [0.4, 0.5) is 0 Å². The van der Waals surface area contributed by atoms with Crippen LogP contribution in [0, 0.1) is 0 Å². The fourth-order valence-electron chi connectivity index (χ4n) is 6.15. The van der Waals surface area contributed by atoms with Crippen LogP contribution in [0.2, 0.25) is 0 Å². The zero-order valence-corrected chi connectivity index (χ0v) is 35.7. The van der Waals surface area contributed by atoms with Crippen LogP contribution in [0.3, 0.4) is 0 Å². The maximum absolute atomic E-state index is 12.8. The molecule has 308 valence electrons. The SMILES string of the molecule is CCCCCCCC/C=C/CCCCCCCCCCCCCC(=O)N[C@@H](COP(=O)([O-])OCC[N+](C)(C)C)[C@H](O)/C=C/CCCCCCCCC. The Kier molecular flexibility index (Phi) is 35.0. The minimum absolute atomic E-state index is 0.000312. The summed E-state index contributed by atoms with van der Waals surface area (Å²) in [4.78, 5) is 25.2. The number of carbonyl (C=O) groups excluding carboxylic acids is 1. The summed E-state index contributed by atoms with van der Waals surface area (Å²) < 4.78 is 23.1. The van der Waals surface area contributed by atoms with E-state index >= 15 is 0 Å². The molecule has 0 saturated carbocycles. The Morgan fingerprint density at radius 3 is 1.50 bits per heavy atom. The zero-order chi connectivity index (χ0) is 38.6. The lowest BCUT2D eigenvalue weighted by atomic mass is 10.0. The number of nitrogens with one attached hydrogen (secondary N) is 1. The first-order valence-electron chi connectivity index (χ1n) is 21.7. The van der Waals surface area contributed by atoms with Crippen LogP contribution >= 0.6 is 7.82 Å². The van der Waals surface area contributed by atoms with E-state index in [1.807, 2.05) is 27.2 Å². The second-order valence-corrected chi connectivity index (χ2v) is 17.5. The summed E-state index contributed by atoms with van der Waals surface area (Å²) >= 11 is 0. The molecule has 0 aromatic rings. The van der Waals surface area contributed by atoms with Gasteiger partial charge in [-0.1, -0.05) is 167 Å². The molecule has 0 heterocycles. The van der Waals surface area contributed by atoms with Crippen LogP contribution in [-0.4, -0.2) is 68.5 Å². The van der Waals surface area contributed by atoms with E-state index in [-0.39, 0.29) is 19.1 Å². The lowest BCUT2D eigenvalue weighted by Crippen LogP contribution is -2.45. The van der Waals surface area contributed by atoms with E-state index in [2.05, 4.69) is 31.3 Å². The summed E-state index contributed by atoms with van der Waals surface area (Å²) in [7, 11) is 1.26. The number of rotatable bonds is 39. The number of carbonyl (C=O) groups is 1. The highest BCUT2D eigenvalue weighted by Crippen LogP contribution is 2.38. The van der Waals surface area contributed by atoms with Crippen LogP contribution in [0.5, 0.6) is 0 Å². The minimum Gasteiger partial charge on any atom is -0.756 e. The van der Waals surface area contributed by atoms with Crippen LogP contribution in [-0.2, 0) is 18.4 Å².